The maximum Gasteiger partial charge on any atom is 0.355 e. The zero-order chi connectivity index (χ0) is 21.7. The van der Waals surface area contributed by atoms with Gasteiger partial charge in [0.2, 0.25) is 11.8 Å². The average molecular weight is 416 g/mol. The minimum Gasteiger partial charge on any atom is -0.473 e. The van der Waals surface area contributed by atoms with E-state index in [0.29, 0.717) is 31.6 Å². The van der Waals surface area contributed by atoms with Crippen molar-refractivity contribution in [3.05, 3.63) is 89.0 Å². The van der Waals surface area contributed by atoms with Crippen LogP contribution in [0, 0.1) is 0 Å². The van der Waals surface area contributed by atoms with Crippen molar-refractivity contribution in [2.24, 2.45) is 0 Å². The van der Waals surface area contributed by atoms with Gasteiger partial charge in [0.1, 0.15) is 13.2 Å². The third-order valence-electron chi connectivity index (χ3n) is 5.16. The molecule has 1 saturated heterocycles. The highest BCUT2D eigenvalue weighted by Gasteiger charge is 2.33. The normalized spacial score (nSPS) is 16.0. The molecule has 1 aliphatic heterocycles. The van der Waals surface area contributed by atoms with Gasteiger partial charge in [-0.3, -0.25) is 4.89 Å². The van der Waals surface area contributed by atoms with Crippen molar-refractivity contribution in [1.82, 2.24) is 4.98 Å². The summed E-state index contributed by atoms with van der Waals surface area (Å²) in [7, 11) is 1.70. The molecule has 0 spiro atoms. The van der Waals surface area contributed by atoms with E-state index in [9.17, 15) is 0 Å². The first-order chi connectivity index (χ1) is 15.0. The van der Waals surface area contributed by atoms with Crippen molar-refractivity contribution in [2.45, 2.75) is 45.2 Å². The molecule has 2 heterocycles. The van der Waals surface area contributed by atoms with Crippen molar-refractivity contribution in [1.29, 1.82) is 0 Å². The highest BCUT2D eigenvalue weighted by molar-refractivity contribution is 6.30. The summed E-state index contributed by atoms with van der Waals surface area (Å²) >= 11 is 0. The van der Waals surface area contributed by atoms with E-state index in [2.05, 4.69) is 20.8 Å². The summed E-state index contributed by atoms with van der Waals surface area (Å²) in [5, 5.41) is 0. The first kappa shape index (κ1) is 21.4. The van der Waals surface area contributed by atoms with Gasteiger partial charge in [0.15, 0.2) is 0 Å². The van der Waals surface area contributed by atoms with Gasteiger partial charge in [-0.2, -0.15) is 4.98 Å². The van der Waals surface area contributed by atoms with Crippen LogP contribution in [0.2, 0.25) is 0 Å². The van der Waals surface area contributed by atoms with E-state index in [1.807, 2.05) is 66.7 Å². The highest BCUT2D eigenvalue weighted by Crippen LogP contribution is 2.39. The van der Waals surface area contributed by atoms with Crippen LogP contribution < -0.4 is 9.47 Å². The lowest BCUT2D eigenvalue weighted by Crippen LogP contribution is -2.21. The van der Waals surface area contributed by atoms with Crippen LogP contribution in [-0.2, 0) is 28.3 Å². The molecule has 4 rings (SSSR count). The number of aromatic nitrogens is 1. The van der Waals surface area contributed by atoms with Gasteiger partial charge >= 0.3 is 7.48 Å². The highest BCUT2D eigenvalue weighted by atomic mass is 17.2. The molecule has 0 amide bonds. The number of hydrogen-bond acceptors (Lipinski definition) is 5. The van der Waals surface area contributed by atoms with E-state index in [1.165, 1.54) is 0 Å². The molecular formula is C25H27BNO4. The van der Waals surface area contributed by atoms with Crippen LogP contribution in [0.3, 0.4) is 0 Å². The van der Waals surface area contributed by atoms with E-state index in [0.717, 1.165) is 22.3 Å². The average Bonchev–Trinajstić information content (AvgIpc) is 3.31. The van der Waals surface area contributed by atoms with Gasteiger partial charge in [-0.15, -0.1) is 0 Å². The molecule has 1 aromatic heterocycles. The molecule has 1 aliphatic rings. The molecule has 0 saturated carbocycles. The number of nitrogens with zero attached hydrogens (tertiary/aromatic N) is 1. The van der Waals surface area contributed by atoms with Gasteiger partial charge in [0.25, 0.3) is 0 Å². The summed E-state index contributed by atoms with van der Waals surface area (Å²) in [4.78, 5) is 15.0. The smallest absolute Gasteiger partial charge is 0.355 e. The molecular weight excluding hydrogens is 389 g/mol. The number of hydrogen-bond donors (Lipinski definition) is 0. The van der Waals surface area contributed by atoms with Gasteiger partial charge in [-0.1, -0.05) is 81.4 Å². The molecule has 0 bridgehead atoms. The Bertz CT molecular complexity index is 984. The third-order valence-corrected chi connectivity index (χ3v) is 5.16. The van der Waals surface area contributed by atoms with Gasteiger partial charge < -0.3 is 14.3 Å². The standard InChI is InChI=1S/C25H27BNO4/c1-25(2,3)20-14-22(28-15-18-10-6-4-7-11-18)27-24(23(20)21-17-30-31-26-21)29-16-19-12-8-5-9-13-19/h4-14,21H,15-17H2,1-3H3. The molecule has 0 aliphatic carbocycles. The van der Waals surface area contributed by atoms with Crippen LogP contribution in [0.25, 0.3) is 0 Å². The van der Waals surface area contributed by atoms with Crippen molar-refractivity contribution in [2.75, 3.05) is 6.61 Å². The van der Waals surface area contributed by atoms with Crippen LogP contribution in [0.1, 0.15) is 48.8 Å². The van der Waals surface area contributed by atoms with E-state index >= 15 is 0 Å². The fourth-order valence-electron chi connectivity index (χ4n) is 3.54. The second kappa shape index (κ2) is 9.54. The minimum atomic E-state index is -0.148. The summed E-state index contributed by atoms with van der Waals surface area (Å²) in [6, 6.07) is 22.1. The molecule has 3 aromatic rings. The summed E-state index contributed by atoms with van der Waals surface area (Å²) in [6.45, 7) is 7.80. The van der Waals surface area contributed by atoms with Gasteiger partial charge in [-0.25, -0.2) is 0 Å². The van der Waals surface area contributed by atoms with E-state index in [1.54, 1.807) is 7.48 Å². The second-order valence-corrected chi connectivity index (χ2v) is 8.65. The van der Waals surface area contributed by atoms with Gasteiger partial charge in [0.05, 0.1) is 6.61 Å². The van der Waals surface area contributed by atoms with Crippen LogP contribution in [0.5, 0.6) is 11.8 Å². The SMILES string of the molecule is CC(C)(C)c1cc(OCc2ccccc2)nc(OCc2ccccc2)c1C1[B]OOC1. The molecule has 6 heteroatoms. The first-order valence-corrected chi connectivity index (χ1v) is 10.5. The number of pyridine rings is 1. The molecule has 1 atom stereocenters. The molecule has 159 valence electrons. The van der Waals surface area contributed by atoms with Crippen LogP contribution in [0.4, 0.5) is 0 Å². The maximum absolute atomic E-state index is 6.24. The van der Waals surface area contributed by atoms with E-state index in [-0.39, 0.29) is 11.2 Å². The van der Waals surface area contributed by atoms with Crippen LogP contribution in [0.15, 0.2) is 66.7 Å². The van der Waals surface area contributed by atoms with Crippen molar-refractivity contribution in [3.8, 4) is 11.8 Å². The molecule has 1 unspecified atom stereocenters. The first-order valence-electron chi connectivity index (χ1n) is 10.5. The lowest BCUT2D eigenvalue weighted by atomic mass is 9.71. The molecule has 0 N–H and O–H groups in total. The van der Waals surface area contributed by atoms with E-state index in [4.69, 9.17) is 24.2 Å². The summed E-state index contributed by atoms with van der Waals surface area (Å²) < 4.78 is 12.3. The van der Waals surface area contributed by atoms with E-state index < -0.39 is 0 Å². The van der Waals surface area contributed by atoms with Crippen LogP contribution >= 0.6 is 0 Å². The number of benzene rings is 2. The monoisotopic (exact) mass is 416 g/mol. The predicted octanol–water partition coefficient (Wildman–Crippen LogP) is 5.16. The Morgan fingerprint density at radius 1 is 0.935 bits per heavy atom. The third kappa shape index (κ3) is 5.46. The molecule has 1 fully saturated rings. The van der Waals surface area contributed by atoms with Gasteiger partial charge in [-0.05, 0) is 22.1 Å². The summed E-state index contributed by atoms with van der Waals surface area (Å²) in [5.74, 6) is 1.03. The molecule has 31 heavy (non-hydrogen) atoms. The Morgan fingerprint density at radius 2 is 1.55 bits per heavy atom. The lowest BCUT2D eigenvalue weighted by Gasteiger charge is -2.27. The zero-order valence-corrected chi connectivity index (χ0v) is 18.2. The Labute approximate surface area is 184 Å². The molecule has 5 nitrogen and oxygen atoms in total. The fourth-order valence-corrected chi connectivity index (χ4v) is 3.54. The van der Waals surface area contributed by atoms with Crippen molar-refractivity contribution < 1.29 is 19.2 Å². The molecule has 2 aromatic carbocycles. The van der Waals surface area contributed by atoms with Crippen molar-refractivity contribution >= 4 is 7.48 Å². The summed E-state index contributed by atoms with van der Waals surface area (Å²) in [5.41, 5.74) is 4.09. The summed E-state index contributed by atoms with van der Waals surface area (Å²) in [6.07, 6.45) is 0. The van der Waals surface area contributed by atoms with Crippen LogP contribution in [-0.4, -0.2) is 19.1 Å². The lowest BCUT2D eigenvalue weighted by molar-refractivity contribution is -0.183. The minimum absolute atomic E-state index is 0.0596. The Kier molecular flexibility index (Phi) is 6.59. The maximum atomic E-state index is 6.24. The topological polar surface area (TPSA) is 49.8 Å². The fraction of sp³-hybridized carbons (Fsp3) is 0.320. The number of rotatable bonds is 7. The Hall–Kier alpha value is -2.83. The second-order valence-electron chi connectivity index (χ2n) is 8.65. The zero-order valence-electron chi connectivity index (χ0n) is 18.2. The Balaban J connectivity index is 1.68. The quantitative estimate of drug-likeness (QED) is 0.394. The number of ether oxygens (including phenoxy) is 2. The van der Waals surface area contributed by atoms with Crippen molar-refractivity contribution in [3.63, 3.8) is 0 Å². The molecule has 1 radical (unpaired) electrons. The van der Waals surface area contributed by atoms with Gasteiger partial charge in [0, 0.05) is 17.4 Å². The largest absolute Gasteiger partial charge is 0.473 e. The Morgan fingerprint density at radius 3 is 2.10 bits per heavy atom. The predicted molar refractivity (Wildman–Crippen MR) is 120 cm³/mol.